The van der Waals surface area contributed by atoms with Crippen molar-refractivity contribution in [1.29, 1.82) is 0 Å². The Balaban J connectivity index is -0.000000204. The first-order chi connectivity index (χ1) is 59.3. The third kappa shape index (κ3) is 92.4. The molecule has 2 aliphatic heterocycles. The Morgan fingerprint density at radius 1 is 0.349 bits per heavy atom. The maximum Gasteiger partial charge on any atom is 0.308 e. The topological polar surface area (TPSA) is 340 Å². The van der Waals surface area contributed by atoms with Crippen molar-refractivity contribution in [1.82, 2.24) is 25.8 Å². The van der Waals surface area contributed by atoms with Gasteiger partial charge in [-0.3, -0.25) is 52.7 Å². The maximum absolute atomic E-state index is 10.7. The number of amides is 5. The Labute approximate surface area is 781 Å². The average Bonchev–Trinajstić information content (AvgIpc) is 0.915. The predicted octanol–water partition coefficient (Wildman–Crippen LogP) is 14.9. The Bertz CT molecular complexity index is 3820. The lowest BCUT2D eigenvalue weighted by Gasteiger charge is -2.20. The number of likely N-dealkylation sites (N-methyl/N-ethyl adjacent to an activating group) is 1. The fourth-order valence-electron chi connectivity index (χ4n) is 9.20. The minimum Gasteiger partial charge on any atom is -0.469 e. The number of ether oxygens (including phenoxy) is 5. The van der Waals surface area contributed by atoms with Gasteiger partial charge in [-0.1, -0.05) is 122 Å². The number of carbonyl (C=O) groups excluding carboxylic acids is 11. The number of hydrogen-bond acceptors (Lipinski definition) is 22. The van der Waals surface area contributed by atoms with Crippen LogP contribution in [-0.2, 0) is 85.7 Å². The molecule has 31 heteroatoms. The van der Waals surface area contributed by atoms with Crippen LogP contribution in [-0.4, -0.2) is 180 Å². The highest BCUT2D eigenvalue weighted by atomic mass is 32.2. The second-order valence-electron chi connectivity index (χ2n) is 27.4. The zero-order chi connectivity index (χ0) is 95.1. The molecule has 129 heavy (non-hydrogen) atoms. The van der Waals surface area contributed by atoms with E-state index < -0.39 is 0 Å². The molecule has 8 aromatic rings. The highest BCUT2D eigenvalue weighted by Gasteiger charge is 2.10. The van der Waals surface area contributed by atoms with E-state index in [0.717, 1.165) is 28.5 Å². The number of methoxy groups -OCH3 is 1. The van der Waals surface area contributed by atoms with E-state index >= 15 is 0 Å². The number of anilines is 4. The van der Waals surface area contributed by atoms with Gasteiger partial charge in [0.25, 0.3) is 0 Å². The van der Waals surface area contributed by atoms with Crippen molar-refractivity contribution in [3.63, 3.8) is 0 Å². The molecule has 0 saturated carbocycles. The summed E-state index contributed by atoms with van der Waals surface area (Å²) in [5.41, 5.74) is 3.34. The van der Waals surface area contributed by atoms with E-state index in [1.165, 1.54) is 153 Å². The van der Waals surface area contributed by atoms with Crippen molar-refractivity contribution in [2.75, 3.05) is 114 Å². The molecule has 2 aliphatic rings. The van der Waals surface area contributed by atoms with Crippen LogP contribution in [0.1, 0.15) is 158 Å². The molecule has 0 bridgehead atoms. The molecule has 0 radical (unpaired) electrons. The molecule has 29 nitrogen and oxygen atoms in total. The van der Waals surface area contributed by atoms with Crippen LogP contribution in [0.15, 0.2) is 219 Å². The Kier molecular flexibility index (Phi) is 91.1. The number of likely N-dealkylation sites (tertiary alicyclic amines) is 2. The van der Waals surface area contributed by atoms with E-state index in [1.54, 1.807) is 74.4 Å². The summed E-state index contributed by atoms with van der Waals surface area (Å²) < 4.78 is 30.8. The van der Waals surface area contributed by atoms with E-state index in [1.807, 2.05) is 249 Å². The van der Waals surface area contributed by atoms with E-state index in [-0.39, 0.29) is 101 Å². The minimum absolute atomic E-state index is 0. The van der Waals surface area contributed by atoms with Gasteiger partial charge in [0.05, 0.1) is 18.8 Å². The third-order valence-electron chi connectivity index (χ3n) is 15.4. The molecule has 7 N–H and O–H groups in total. The first-order valence-corrected chi connectivity index (χ1v) is 43.4. The fraction of sp³-hybridized carbons (Fsp3) is 0.439. The number of aromatic nitrogens is 4. The summed E-state index contributed by atoms with van der Waals surface area (Å²) in [6, 6.07) is 51.9. The molecular formula is C98H159N13O16S2+4. The van der Waals surface area contributed by atoms with Crippen LogP contribution >= 0.6 is 23.5 Å². The highest BCUT2D eigenvalue weighted by Crippen LogP contribution is 2.12. The number of para-hydroxylation sites is 4. The van der Waals surface area contributed by atoms with E-state index in [4.69, 9.17) is 18.9 Å². The van der Waals surface area contributed by atoms with Gasteiger partial charge in [0.2, 0.25) is 35.7 Å². The van der Waals surface area contributed by atoms with Crippen LogP contribution in [0, 0.1) is 0 Å². The molecule has 0 aliphatic carbocycles. The van der Waals surface area contributed by atoms with Crippen LogP contribution in [0.5, 0.6) is 23.0 Å². The first kappa shape index (κ1) is 133. The summed E-state index contributed by atoms with van der Waals surface area (Å²) >= 11 is 3.58. The summed E-state index contributed by atoms with van der Waals surface area (Å²) in [5.74, 6) is 3.09. The van der Waals surface area contributed by atoms with Crippen molar-refractivity contribution >= 4 is 111 Å². The molecule has 2 fully saturated rings. The molecule has 0 spiro atoms. The number of pyridine rings is 4. The number of benzene rings is 4. The van der Waals surface area contributed by atoms with Crippen molar-refractivity contribution < 1.29 is 94.7 Å². The van der Waals surface area contributed by atoms with Gasteiger partial charge < -0.3 is 70.7 Å². The summed E-state index contributed by atoms with van der Waals surface area (Å²) in [6.07, 6.45) is 28.7. The molecule has 4 aromatic heterocycles. The number of carbonyl (C=O) groups is 11. The van der Waals surface area contributed by atoms with Gasteiger partial charge in [-0.05, 0) is 167 Å². The lowest BCUT2D eigenvalue weighted by molar-refractivity contribution is -0.671. The number of thioether (sulfide) groups is 2. The van der Waals surface area contributed by atoms with Gasteiger partial charge >= 0.3 is 29.8 Å². The molecule has 6 heterocycles. The van der Waals surface area contributed by atoms with Gasteiger partial charge in [0.1, 0.15) is 56.9 Å². The number of hydrogen-bond donors (Lipinski definition) is 7. The fourth-order valence-corrected chi connectivity index (χ4v) is 10.7. The number of ketones is 1. The van der Waals surface area contributed by atoms with Crippen LogP contribution in [0.3, 0.4) is 0 Å². The van der Waals surface area contributed by atoms with E-state index in [0.29, 0.717) is 29.0 Å². The first-order valence-electron chi connectivity index (χ1n) is 40.6. The summed E-state index contributed by atoms with van der Waals surface area (Å²) in [6.45, 7) is 23.4. The zero-order valence-electron chi connectivity index (χ0n) is 78.2. The van der Waals surface area contributed by atoms with E-state index in [9.17, 15) is 52.7 Å². The number of nitrogens with one attached hydrogen (secondary N) is 7. The maximum atomic E-state index is 10.7. The van der Waals surface area contributed by atoms with Gasteiger partial charge in [0, 0.05) is 142 Å². The Morgan fingerprint density at radius 2 is 0.628 bits per heavy atom. The molecule has 720 valence electrons. The van der Waals surface area contributed by atoms with Gasteiger partial charge in [-0.25, -0.2) is 18.3 Å². The molecule has 5 amide bonds. The van der Waals surface area contributed by atoms with Gasteiger partial charge in [0.15, 0.2) is 49.1 Å². The molecule has 4 aromatic carbocycles. The smallest absolute Gasteiger partial charge is 0.308 e. The third-order valence-corrected chi connectivity index (χ3v) is 16.8. The average molecular weight is 1840 g/mol. The largest absolute Gasteiger partial charge is 0.469 e. The number of aryl methyl sites for hydroxylation is 4. The van der Waals surface area contributed by atoms with Crippen LogP contribution in [0.2, 0.25) is 0 Å². The number of rotatable bonds is 16. The zero-order valence-corrected chi connectivity index (χ0v) is 79.8. The summed E-state index contributed by atoms with van der Waals surface area (Å²) in [7, 11) is 18.8. The molecular weight excluding hydrogens is 1680 g/mol. The molecule has 2 atom stereocenters. The molecule has 2 saturated heterocycles. The Hall–Kier alpha value is -11.6. The molecule has 10 rings (SSSR count). The van der Waals surface area contributed by atoms with Crippen molar-refractivity contribution in [2.45, 2.75) is 170 Å². The van der Waals surface area contributed by atoms with Gasteiger partial charge in [-0.2, -0.15) is 23.5 Å². The quantitative estimate of drug-likeness (QED) is 0.0268. The standard InChI is InChI=1S/2C8H10N2O.2C8H10NO2.2C8H9NO.2C8H8O2.C6H13NOS.C6H15NS.2C6H13N.C3H7NO.C3H6O2.4CH4/c1-7(11)9-8-3-5-10(2)6-4-8;1-7(11)9-8-4-3-5-10(2)6-8;1-7(10)11-8-3-5-9(2)6-4-8;1-7(10)11-8-4-3-5-9(2)6-8;2*1-7(10)9-8-5-3-2-4-6-8;2*1-7(9)10-8-5-3-2-4-6-8;1-5(8)6(7-2)4-9-3;1-4-6(7-2)5-8-3;2*1-7-5-3-2-4-6-7;1-3(5)4-2;1-3(4)5-2;;;;/h4*3-6H,1-2H3;2*2-6H,1H3,(H,9,10);2*2-6H,1H3;6-7H,4H2,1-3H3;6-7H,4-5H2,1-3H3;2*2-6H2,1H3;1-2H3,(H,4,5);1-2H3;4*1H4/q;;2*+1;;;;;;;;;;;;;;/p+2. The number of piperidine rings is 2. The Morgan fingerprint density at radius 3 is 0.868 bits per heavy atom. The van der Waals surface area contributed by atoms with Crippen LogP contribution in [0.25, 0.3) is 0 Å². The number of nitrogens with zero attached hydrogens (tertiary/aromatic N) is 6. The molecule has 2 unspecified atom stereocenters. The lowest BCUT2D eigenvalue weighted by atomic mass is 10.1. The monoisotopic (exact) mass is 1840 g/mol. The van der Waals surface area contributed by atoms with Crippen molar-refractivity contribution in [3.05, 3.63) is 219 Å². The van der Waals surface area contributed by atoms with Crippen molar-refractivity contribution in [2.24, 2.45) is 28.2 Å². The van der Waals surface area contributed by atoms with E-state index in [2.05, 4.69) is 79.0 Å². The number of Topliss-reactive ketones (excluding diaryl/α,β-unsaturated/α-hetero) is 1. The summed E-state index contributed by atoms with van der Waals surface area (Å²) in [5, 5.41) is 19.2. The van der Waals surface area contributed by atoms with Crippen LogP contribution < -0.4 is 74.4 Å². The summed E-state index contributed by atoms with van der Waals surface area (Å²) in [4.78, 5) is 119. The van der Waals surface area contributed by atoms with Gasteiger partial charge in [-0.15, -0.1) is 0 Å². The SMILES string of the molecule is C.C.C.C.CC(=O)Nc1cc[n+](C)cc1.CC(=O)Nc1ccc[n+](C)c1.CC(=O)Nc1ccccc1.CC(=O)Nc1ccccc1.CC(=O)Oc1cc[n+](C)cc1.CC(=O)Oc1ccc[n+](C)c1.CC(=O)Oc1ccccc1.CC(=O)Oc1ccccc1.CCC(CSC)NC.CN1CCCCC1.CN1CCCCC1.CNC(C)=O.CNC(CSC)C(C)=O.COC(C)=O. The van der Waals surface area contributed by atoms with Crippen molar-refractivity contribution in [3.8, 4) is 23.0 Å². The second-order valence-corrected chi connectivity index (χ2v) is 29.2. The lowest BCUT2D eigenvalue weighted by Crippen LogP contribution is -2.34. The highest BCUT2D eigenvalue weighted by molar-refractivity contribution is 7.98. The second kappa shape index (κ2) is 88.4. The normalized spacial score (nSPS) is 11.0. The number of esters is 5. The minimum atomic E-state index is -0.295. The predicted molar refractivity (Wildman–Crippen MR) is 529 cm³/mol. The van der Waals surface area contributed by atoms with Crippen LogP contribution in [0.4, 0.5) is 22.7 Å².